The van der Waals surface area contributed by atoms with Crippen LogP contribution >= 0.6 is 0 Å². The first-order chi connectivity index (χ1) is 9.63. The Morgan fingerprint density at radius 1 is 1.30 bits per heavy atom. The van der Waals surface area contributed by atoms with Gasteiger partial charge >= 0.3 is 0 Å². The van der Waals surface area contributed by atoms with Crippen LogP contribution in [0.4, 0.5) is 0 Å². The maximum Gasteiger partial charge on any atom is 0.134 e. The van der Waals surface area contributed by atoms with E-state index in [0.29, 0.717) is 0 Å². The molecule has 1 atom stereocenters. The van der Waals surface area contributed by atoms with Gasteiger partial charge < -0.3 is 14.5 Å². The van der Waals surface area contributed by atoms with Gasteiger partial charge in [0.25, 0.3) is 0 Å². The van der Waals surface area contributed by atoms with E-state index in [0.717, 1.165) is 37.5 Å². The monoisotopic (exact) mass is 273 g/mol. The summed E-state index contributed by atoms with van der Waals surface area (Å²) in [5.41, 5.74) is 2.61. The molecule has 20 heavy (non-hydrogen) atoms. The van der Waals surface area contributed by atoms with Crippen molar-refractivity contribution in [3.63, 3.8) is 0 Å². The number of hydrogen-bond donors (Lipinski definition) is 1. The average molecular weight is 273 g/mol. The quantitative estimate of drug-likeness (QED) is 0.902. The van der Waals surface area contributed by atoms with Crippen molar-refractivity contribution in [2.24, 2.45) is 5.41 Å². The lowest BCUT2D eigenvalue weighted by molar-refractivity contribution is -0.100. The second kappa shape index (κ2) is 5.23. The normalized spacial score (nSPS) is 18.9. The van der Waals surface area contributed by atoms with Crippen molar-refractivity contribution in [2.45, 2.75) is 33.2 Å². The zero-order valence-corrected chi connectivity index (χ0v) is 12.5. The molecule has 3 nitrogen and oxygen atoms in total. The topological polar surface area (TPSA) is 34.4 Å². The maximum absolute atomic E-state index is 6.07. The fourth-order valence-corrected chi connectivity index (χ4v) is 2.88. The molecule has 2 heterocycles. The second-order valence-corrected chi connectivity index (χ2v) is 6.20. The summed E-state index contributed by atoms with van der Waals surface area (Å²) in [5.74, 6) is 1.08. The Labute approximate surface area is 120 Å². The molecular weight excluding hydrogens is 250 g/mol. The minimum absolute atomic E-state index is 0.231. The lowest BCUT2D eigenvalue weighted by Gasteiger charge is -2.38. The fourth-order valence-electron chi connectivity index (χ4n) is 2.88. The molecule has 1 saturated heterocycles. The first-order valence-corrected chi connectivity index (χ1v) is 7.44. The van der Waals surface area contributed by atoms with Crippen molar-refractivity contribution in [3.05, 3.63) is 35.6 Å². The van der Waals surface area contributed by atoms with E-state index in [4.69, 9.17) is 9.15 Å². The van der Waals surface area contributed by atoms with Crippen LogP contribution in [0, 0.1) is 5.41 Å². The van der Waals surface area contributed by atoms with E-state index in [1.54, 1.807) is 0 Å². The molecule has 0 radical (unpaired) electrons. The Kier molecular flexibility index (Phi) is 3.57. The molecule has 1 N–H and O–H groups in total. The number of furan rings is 1. The summed E-state index contributed by atoms with van der Waals surface area (Å²) < 4.78 is 11.4. The van der Waals surface area contributed by atoms with E-state index in [2.05, 4.69) is 38.2 Å². The van der Waals surface area contributed by atoms with Gasteiger partial charge in [-0.2, -0.15) is 0 Å². The zero-order valence-electron chi connectivity index (χ0n) is 12.5. The van der Waals surface area contributed by atoms with Crippen molar-refractivity contribution in [1.29, 1.82) is 0 Å². The first kappa shape index (κ1) is 13.7. The number of fused-ring (bicyclic) bond motifs is 1. The van der Waals surface area contributed by atoms with Gasteiger partial charge in [0.2, 0.25) is 0 Å². The van der Waals surface area contributed by atoms with Crippen LogP contribution in [-0.2, 0) is 11.2 Å². The van der Waals surface area contributed by atoms with Crippen molar-refractivity contribution < 1.29 is 9.15 Å². The highest BCUT2D eigenvalue weighted by atomic mass is 16.5. The molecule has 1 fully saturated rings. The molecule has 1 aromatic heterocycles. The molecular formula is C17H23NO2. The number of benzene rings is 1. The number of aryl methyl sites for hydroxylation is 1. The van der Waals surface area contributed by atoms with Crippen LogP contribution in [-0.4, -0.2) is 19.8 Å². The number of para-hydroxylation sites is 1. The minimum Gasteiger partial charge on any atom is -0.459 e. The molecule has 1 aromatic carbocycles. The number of nitrogens with one attached hydrogen (secondary N) is 1. The maximum atomic E-state index is 6.07. The Balaban J connectivity index is 1.81. The van der Waals surface area contributed by atoms with Crippen LogP contribution in [0.1, 0.15) is 38.1 Å². The van der Waals surface area contributed by atoms with E-state index < -0.39 is 0 Å². The van der Waals surface area contributed by atoms with Crippen LogP contribution in [0.3, 0.4) is 0 Å². The SMILES string of the molecule is CCc1c(C(C)NCC2(C)COC2)oc2ccccc12. The van der Waals surface area contributed by atoms with Gasteiger partial charge in [0.15, 0.2) is 0 Å². The summed E-state index contributed by atoms with van der Waals surface area (Å²) in [6.07, 6.45) is 0.999. The Morgan fingerprint density at radius 2 is 2.05 bits per heavy atom. The van der Waals surface area contributed by atoms with Crippen LogP contribution in [0.2, 0.25) is 0 Å². The third kappa shape index (κ3) is 2.36. The smallest absolute Gasteiger partial charge is 0.134 e. The van der Waals surface area contributed by atoms with E-state index in [-0.39, 0.29) is 11.5 Å². The number of rotatable bonds is 5. The largest absolute Gasteiger partial charge is 0.459 e. The fraction of sp³-hybridized carbons (Fsp3) is 0.529. The van der Waals surface area contributed by atoms with E-state index in [1.165, 1.54) is 10.9 Å². The summed E-state index contributed by atoms with van der Waals surface area (Å²) in [7, 11) is 0. The predicted octanol–water partition coefficient (Wildman–Crippen LogP) is 3.68. The first-order valence-electron chi connectivity index (χ1n) is 7.44. The van der Waals surface area contributed by atoms with Crippen molar-refractivity contribution in [2.75, 3.05) is 19.8 Å². The van der Waals surface area contributed by atoms with Crippen molar-refractivity contribution in [3.8, 4) is 0 Å². The summed E-state index contributed by atoms with van der Waals surface area (Å²) >= 11 is 0. The number of ether oxygens (including phenoxy) is 1. The summed E-state index contributed by atoms with van der Waals surface area (Å²) in [6, 6.07) is 8.53. The predicted molar refractivity (Wildman–Crippen MR) is 80.9 cm³/mol. The van der Waals surface area contributed by atoms with E-state index in [1.807, 2.05) is 12.1 Å². The van der Waals surface area contributed by atoms with Crippen molar-refractivity contribution in [1.82, 2.24) is 5.32 Å². The molecule has 1 unspecified atom stereocenters. The summed E-state index contributed by atoms with van der Waals surface area (Å²) in [5, 5.41) is 4.85. The van der Waals surface area contributed by atoms with E-state index >= 15 is 0 Å². The molecule has 0 saturated carbocycles. The van der Waals surface area contributed by atoms with Gasteiger partial charge in [-0.15, -0.1) is 0 Å². The van der Waals surface area contributed by atoms with Crippen molar-refractivity contribution >= 4 is 11.0 Å². The Hall–Kier alpha value is -1.32. The Morgan fingerprint density at radius 3 is 2.70 bits per heavy atom. The molecule has 3 rings (SSSR count). The molecule has 108 valence electrons. The molecule has 0 amide bonds. The van der Waals surface area contributed by atoms with Gasteiger partial charge in [0.1, 0.15) is 11.3 Å². The molecule has 2 aromatic rings. The Bertz CT molecular complexity index is 598. The highest BCUT2D eigenvalue weighted by Gasteiger charge is 2.33. The van der Waals surface area contributed by atoms with Gasteiger partial charge in [-0.3, -0.25) is 0 Å². The highest BCUT2D eigenvalue weighted by molar-refractivity contribution is 5.82. The average Bonchev–Trinajstić information content (AvgIpc) is 2.81. The van der Waals surface area contributed by atoms with Gasteiger partial charge in [0, 0.05) is 22.9 Å². The van der Waals surface area contributed by atoms with Crippen LogP contribution in [0.25, 0.3) is 11.0 Å². The molecule has 0 aliphatic carbocycles. The van der Waals surface area contributed by atoms with Gasteiger partial charge in [-0.25, -0.2) is 0 Å². The third-order valence-electron chi connectivity index (χ3n) is 4.21. The van der Waals surface area contributed by atoms with Crippen LogP contribution in [0.15, 0.2) is 28.7 Å². The number of hydrogen-bond acceptors (Lipinski definition) is 3. The molecule has 0 bridgehead atoms. The minimum atomic E-state index is 0.231. The van der Waals surface area contributed by atoms with Gasteiger partial charge in [0.05, 0.1) is 19.3 Å². The van der Waals surface area contributed by atoms with Crippen LogP contribution < -0.4 is 5.32 Å². The molecule has 1 aliphatic heterocycles. The summed E-state index contributed by atoms with van der Waals surface area (Å²) in [6.45, 7) is 9.30. The zero-order chi connectivity index (χ0) is 14.2. The summed E-state index contributed by atoms with van der Waals surface area (Å²) in [4.78, 5) is 0. The third-order valence-corrected chi connectivity index (χ3v) is 4.21. The van der Waals surface area contributed by atoms with Gasteiger partial charge in [-0.05, 0) is 19.4 Å². The molecule has 0 spiro atoms. The molecule has 1 aliphatic rings. The van der Waals surface area contributed by atoms with Gasteiger partial charge in [-0.1, -0.05) is 32.0 Å². The second-order valence-electron chi connectivity index (χ2n) is 6.20. The highest BCUT2D eigenvalue weighted by Crippen LogP contribution is 2.31. The van der Waals surface area contributed by atoms with E-state index in [9.17, 15) is 0 Å². The molecule has 3 heteroatoms. The lowest BCUT2D eigenvalue weighted by Crippen LogP contribution is -2.47. The van der Waals surface area contributed by atoms with Crippen LogP contribution in [0.5, 0.6) is 0 Å². The standard InChI is InChI=1S/C17H23NO2/c1-4-13-14-7-5-6-8-15(14)20-16(13)12(2)18-9-17(3)10-19-11-17/h5-8,12,18H,4,9-11H2,1-3H3. The lowest BCUT2D eigenvalue weighted by atomic mass is 9.88.